The van der Waals surface area contributed by atoms with Crippen LogP contribution in [0, 0.1) is 0 Å². The van der Waals surface area contributed by atoms with Crippen molar-refractivity contribution >= 4 is 40.5 Å². The van der Waals surface area contributed by atoms with E-state index in [0.717, 1.165) is 12.1 Å². The molecule has 1 amide bonds. The quantitative estimate of drug-likeness (QED) is 0.461. The molecule has 3 aromatic rings. The van der Waals surface area contributed by atoms with Crippen LogP contribution >= 0.6 is 11.6 Å². The highest BCUT2D eigenvalue weighted by molar-refractivity contribution is 6.30. The lowest BCUT2D eigenvalue weighted by atomic mass is 10.1. The summed E-state index contributed by atoms with van der Waals surface area (Å²) in [5, 5.41) is 5.85. The summed E-state index contributed by atoms with van der Waals surface area (Å²) < 4.78 is 43.8. The summed E-state index contributed by atoms with van der Waals surface area (Å²) in [6.45, 7) is -0.542. The van der Waals surface area contributed by atoms with Crippen LogP contribution in [-0.4, -0.2) is 18.5 Å². The molecule has 0 bridgehead atoms. The summed E-state index contributed by atoms with van der Waals surface area (Å²) in [6.07, 6.45) is -4.49. The highest BCUT2D eigenvalue weighted by Gasteiger charge is 2.30. The fourth-order valence-corrected chi connectivity index (χ4v) is 2.76. The van der Waals surface area contributed by atoms with E-state index < -0.39 is 30.2 Å². The minimum Gasteiger partial charge on any atom is -0.452 e. The third-order valence-electron chi connectivity index (χ3n) is 4.08. The Hall–Kier alpha value is -3.52. The molecule has 0 fully saturated rings. The molecule has 0 aliphatic rings. The smallest absolute Gasteiger partial charge is 0.416 e. The zero-order valence-corrected chi connectivity index (χ0v) is 16.6. The molecule has 31 heavy (non-hydrogen) atoms. The van der Waals surface area contributed by atoms with Gasteiger partial charge in [-0.25, -0.2) is 4.79 Å². The maximum atomic E-state index is 12.9. The molecule has 0 saturated carbocycles. The SMILES string of the molecule is O=C(COC(=O)c1ccccc1Nc1cccc(C(F)(F)F)c1)Nc1ccc(Cl)cc1. The first-order valence-electron chi connectivity index (χ1n) is 8.98. The van der Waals surface area contributed by atoms with Crippen LogP contribution in [0.3, 0.4) is 0 Å². The van der Waals surface area contributed by atoms with Crippen LogP contribution in [0.15, 0.2) is 72.8 Å². The van der Waals surface area contributed by atoms with E-state index in [4.69, 9.17) is 16.3 Å². The predicted octanol–water partition coefficient (Wildman–Crippen LogP) is 5.90. The summed E-state index contributed by atoms with van der Waals surface area (Å²) >= 11 is 5.78. The third-order valence-corrected chi connectivity index (χ3v) is 4.33. The monoisotopic (exact) mass is 448 g/mol. The first-order valence-corrected chi connectivity index (χ1v) is 9.36. The van der Waals surface area contributed by atoms with Crippen LogP contribution in [-0.2, 0) is 15.7 Å². The van der Waals surface area contributed by atoms with Crippen molar-refractivity contribution in [3.63, 3.8) is 0 Å². The molecule has 0 heterocycles. The first-order chi connectivity index (χ1) is 14.7. The normalized spacial score (nSPS) is 11.0. The van der Waals surface area contributed by atoms with Gasteiger partial charge in [0.15, 0.2) is 6.61 Å². The van der Waals surface area contributed by atoms with Crippen LogP contribution in [0.1, 0.15) is 15.9 Å². The lowest BCUT2D eigenvalue weighted by Gasteiger charge is -2.13. The highest BCUT2D eigenvalue weighted by atomic mass is 35.5. The summed E-state index contributed by atoms with van der Waals surface area (Å²) in [7, 11) is 0. The Morgan fingerprint density at radius 1 is 0.903 bits per heavy atom. The largest absolute Gasteiger partial charge is 0.452 e. The minimum absolute atomic E-state index is 0.0687. The predicted molar refractivity (Wildman–Crippen MR) is 112 cm³/mol. The first kappa shape index (κ1) is 22.2. The van der Waals surface area contributed by atoms with E-state index in [9.17, 15) is 22.8 Å². The molecular weight excluding hydrogens is 433 g/mol. The molecule has 0 saturated heterocycles. The molecule has 0 atom stereocenters. The Balaban J connectivity index is 1.66. The van der Waals surface area contributed by atoms with Crippen molar-refractivity contribution in [2.45, 2.75) is 6.18 Å². The van der Waals surface area contributed by atoms with Gasteiger partial charge in [-0.3, -0.25) is 4.79 Å². The molecule has 160 valence electrons. The Bertz CT molecular complexity index is 1090. The summed E-state index contributed by atoms with van der Waals surface area (Å²) in [5.41, 5.74) is 0.119. The van der Waals surface area contributed by atoms with Gasteiger partial charge in [-0.2, -0.15) is 13.2 Å². The van der Waals surface area contributed by atoms with Crippen molar-refractivity contribution in [1.29, 1.82) is 0 Å². The molecule has 0 spiro atoms. The van der Waals surface area contributed by atoms with Crippen molar-refractivity contribution in [2.75, 3.05) is 17.2 Å². The van der Waals surface area contributed by atoms with E-state index in [1.54, 1.807) is 36.4 Å². The number of amides is 1. The zero-order chi connectivity index (χ0) is 22.4. The Morgan fingerprint density at radius 2 is 1.61 bits per heavy atom. The second-order valence-electron chi connectivity index (χ2n) is 6.38. The van der Waals surface area contributed by atoms with Gasteiger partial charge >= 0.3 is 12.1 Å². The number of rotatable bonds is 6. The number of nitrogens with one attached hydrogen (secondary N) is 2. The summed E-state index contributed by atoms with van der Waals surface area (Å²) in [4.78, 5) is 24.4. The van der Waals surface area contributed by atoms with E-state index in [0.29, 0.717) is 10.7 Å². The van der Waals surface area contributed by atoms with Gasteiger partial charge in [-0.1, -0.05) is 29.8 Å². The Morgan fingerprint density at radius 3 is 2.32 bits per heavy atom. The van der Waals surface area contributed by atoms with Crippen molar-refractivity contribution in [2.24, 2.45) is 0 Å². The number of anilines is 3. The van der Waals surface area contributed by atoms with E-state index in [-0.39, 0.29) is 16.9 Å². The molecule has 3 aromatic carbocycles. The van der Waals surface area contributed by atoms with Gasteiger partial charge in [0, 0.05) is 16.4 Å². The van der Waals surface area contributed by atoms with Crippen molar-refractivity contribution in [3.05, 3.63) is 88.9 Å². The molecule has 0 aliphatic carbocycles. The van der Waals surface area contributed by atoms with Gasteiger partial charge in [-0.05, 0) is 54.6 Å². The minimum atomic E-state index is -4.49. The average Bonchev–Trinajstić information content (AvgIpc) is 2.74. The molecule has 3 rings (SSSR count). The van der Waals surface area contributed by atoms with Crippen LogP contribution in [0.25, 0.3) is 0 Å². The van der Waals surface area contributed by atoms with Crippen LogP contribution in [0.2, 0.25) is 5.02 Å². The maximum absolute atomic E-state index is 12.9. The lowest BCUT2D eigenvalue weighted by Crippen LogP contribution is -2.21. The number of esters is 1. The molecular formula is C22H16ClF3N2O3. The third kappa shape index (κ3) is 6.23. The van der Waals surface area contributed by atoms with Gasteiger partial charge in [0.1, 0.15) is 0 Å². The number of para-hydroxylation sites is 1. The second kappa shape index (κ2) is 9.53. The van der Waals surface area contributed by atoms with Crippen LogP contribution in [0.4, 0.5) is 30.2 Å². The average molecular weight is 449 g/mol. The highest BCUT2D eigenvalue weighted by Crippen LogP contribution is 2.32. The van der Waals surface area contributed by atoms with E-state index in [1.807, 2.05) is 0 Å². The fourth-order valence-electron chi connectivity index (χ4n) is 2.64. The number of benzene rings is 3. The second-order valence-corrected chi connectivity index (χ2v) is 6.82. The van der Waals surface area contributed by atoms with Crippen LogP contribution < -0.4 is 10.6 Å². The van der Waals surface area contributed by atoms with Gasteiger partial charge in [0.25, 0.3) is 5.91 Å². The van der Waals surface area contributed by atoms with E-state index >= 15 is 0 Å². The molecule has 0 unspecified atom stereocenters. The number of halogens is 4. The maximum Gasteiger partial charge on any atom is 0.416 e. The number of carbonyl (C=O) groups excluding carboxylic acids is 2. The van der Waals surface area contributed by atoms with Gasteiger partial charge in [-0.15, -0.1) is 0 Å². The molecule has 9 heteroatoms. The number of ether oxygens (including phenoxy) is 1. The van der Waals surface area contributed by atoms with Crippen molar-refractivity contribution in [1.82, 2.24) is 0 Å². The number of carbonyl (C=O) groups is 2. The summed E-state index contributed by atoms with van der Waals surface area (Å²) in [6, 6.07) is 17.1. The molecule has 0 radical (unpaired) electrons. The van der Waals surface area contributed by atoms with Gasteiger partial charge in [0.2, 0.25) is 0 Å². The van der Waals surface area contributed by atoms with Crippen molar-refractivity contribution in [3.8, 4) is 0 Å². The van der Waals surface area contributed by atoms with Crippen molar-refractivity contribution < 1.29 is 27.5 Å². The number of hydrogen-bond acceptors (Lipinski definition) is 4. The summed E-state index contributed by atoms with van der Waals surface area (Å²) in [5.74, 6) is -1.36. The standard InChI is InChI=1S/C22H16ClF3N2O3/c23-15-8-10-16(11-9-15)28-20(29)13-31-21(30)18-6-1-2-7-19(18)27-17-5-3-4-14(12-17)22(24,25)26/h1-12,27H,13H2,(H,28,29). The lowest BCUT2D eigenvalue weighted by molar-refractivity contribution is -0.137. The number of hydrogen-bond donors (Lipinski definition) is 2. The molecule has 2 N–H and O–H groups in total. The van der Waals surface area contributed by atoms with Crippen LogP contribution in [0.5, 0.6) is 0 Å². The number of alkyl halides is 3. The van der Waals surface area contributed by atoms with E-state index in [1.165, 1.54) is 24.3 Å². The molecule has 5 nitrogen and oxygen atoms in total. The topological polar surface area (TPSA) is 67.4 Å². The van der Waals surface area contributed by atoms with E-state index in [2.05, 4.69) is 10.6 Å². The Labute approximate surface area is 180 Å². The van der Waals surface area contributed by atoms with Gasteiger partial charge in [0.05, 0.1) is 16.8 Å². The van der Waals surface area contributed by atoms with Gasteiger partial charge < -0.3 is 15.4 Å². The zero-order valence-electron chi connectivity index (χ0n) is 15.9. The Kier molecular flexibility index (Phi) is 6.81. The fraction of sp³-hybridized carbons (Fsp3) is 0.0909. The molecule has 0 aliphatic heterocycles. The molecule has 0 aromatic heterocycles.